The number of hydrogen-bond acceptors (Lipinski definition) is 3. The number of fused-ring (bicyclic) bond motifs is 1. The molecule has 2 rings (SSSR count). The Kier molecular flexibility index (Phi) is 2.58. The number of phenols is 1. The molecule has 13 heavy (non-hydrogen) atoms. The number of benzene rings is 1. The van der Waals surface area contributed by atoms with Crippen LogP contribution in [0.1, 0.15) is 1.43 Å². The molecule has 1 aromatic carbocycles. The Balaban J connectivity index is 0.000000845. The molecule has 2 aromatic rings. The Labute approximate surface area is 83.1 Å². The minimum atomic E-state index is 0. The topological polar surface area (TPSA) is 59.1 Å². The second-order valence-electron chi connectivity index (χ2n) is 2.57. The molecule has 4 heteroatoms. The van der Waals surface area contributed by atoms with E-state index in [4.69, 9.17) is 5.73 Å². The van der Waals surface area contributed by atoms with Crippen molar-refractivity contribution in [3.05, 3.63) is 30.5 Å². The van der Waals surface area contributed by atoms with Gasteiger partial charge >= 0.3 is 1.43 Å². The van der Waals surface area contributed by atoms with E-state index < -0.39 is 0 Å². The molecule has 0 aliphatic rings. The van der Waals surface area contributed by atoms with E-state index in [0.717, 1.165) is 5.39 Å². The molecule has 0 unspecified atom stereocenters. The van der Waals surface area contributed by atoms with Crippen molar-refractivity contribution in [2.45, 2.75) is 0 Å². The molecule has 0 aliphatic carbocycles. The van der Waals surface area contributed by atoms with Crippen LogP contribution in [0.4, 0.5) is 5.69 Å². The quantitative estimate of drug-likeness (QED) is 0.404. The third kappa shape index (κ3) is 1.51. The van der Waals surface area contributed by atoms with E-state index in [1.165, 1.54) is 0 Å². The van der Waals surface area contributed by atoms with Gasteiger partial charge in [0.15, 0.2) is 0 Å². The second-order valence-corrected chi connectivity index (χ2v) is 2.57. The van der Waals surface area contributed by atoms with Gasteiger partial charge in [0, 0.05) is 17.3 Å². The average Bonchev–Trinajstić information content (AvgIpc) is 2.12. The molecule has 1 heterocycles. The van der Waals surface area contributed by atoms with Gasteiger partial charge in [-0.1, -0.05) is 0 Å². The van der Waals surface area contributed by atoms with Crippen molar-refractivity contribution in [1.82, 2.24) is 4.98 Å². The van der Waals surface area contributed by atoms with Crippen LogP contribution in [0.15, 0.2) is 30.5 Å². The fraction of sp³-hybridized carbons (Fsp3) is 0. The Bertz CT molecular complexity index is 396. The van der Waals surface area contributed by atoms with Crippen molar-refractivity contribution >= 4 is 16.6 Å². The number of nitrogen functional groups attached to an aromatic ring is 1. The summed E-state index contributed by atoms with van der Waals surface area (Å²) in [7, 11) is 0. The number of anilines is 1. The van der Waals surface area contributed by atoms with Gasteiger partial charge in [-0.25, -0.2) is 0 Å². The summed E-state index contributed by atoms with van der Waals surface area (Å²) in [6.45, 7) is 0. The van der Waals surface area contributed by atoms with E-state index in [-0.39, 0.29) is 19.6 Å². The standard InChI is InChI=1S/C9H8N2O.ClH/c10-7-3-4-8(12)9-6(7)2-1-5-11-9;/h1-5,12H,10H2;1H. The van der Waals surface area contributed by atoms with Crippen LogP contribution >= 0.6 is 0 Å². The third-order valence-corrected chi connectivity index (χ3v) is 1.78. The van der Waals surface area contributed by atoms with E-state index in [1.807, 2.05) is 6.07 Å². The van der Waals surface area contributed by atoms with Gasteiger partial charge in [0.25, 0.3) is 0 Å². The fourth-order valence-corrected chi connectivity index (χ4v) is 1.18. The minimum absolute atomic E-state index is 0. The summed E-state index contributed by atoms with van der Waals surface area (Å²) >= 11 is 0. The summed E-state index contributed by atoms with van der Waals surface area (Å²) in [5.41, 5.74) is 6.86. The van der Waals surface area contributed by atoms with Gasteiger partial charge in [-0.15, -0.1) is 0 Å². The van der Waals surface area contributed by atoms with Gasteiger partial charge in [-0.2, -0.15) is 0 Å². The highest BCUT2D eigenvalue weighted by molar-refractivity contribution is 5.93. The number of rotatable bonds is 0. The second kappa shape index (κ2) is 3.49. The molecule has 0 amide bonds. The van der Waals surface area contributed by atoms with Crippen LogP contribution in [0.25, 0.3) is 10.9 Å². The molecule has 68 valence electrons. The molecule has 1 aromatic heterocycles. The maximum atomic E-state index is 9.38. The summed E-state index contributed by atoms with van der Waals surface area (Å²) in [6, 6.07) is 6.83. The van der Waals surface area contributed by atoms with Crippen LogP contribution in [-0.4, -0.2) is 10.1 Å². The van der Waals surface area contributed by atoms with E-state index >= 15 is 0 Å². The number of pyridine rings is 1. The molecule has 0 spiro atoms. The molecule has 0 atom stereocenters. The number of nitrogens with zero attached hydrogens (tertiary/aromatic N) is 1. The van der Waals surface area contributed by atoms with E-state index in [9.17, 15) is 5.11 Å². The predicted molar refractivity (Wildman–Crippen MR) is 48.9 cm³/mol. The SMILES string of the molecule is Nc1ccc(O)c2ncccc12.[Cl-].[H+]. The zero-order valence-corrected chi connectivity index (χ0v) is 7.49. The summed E-state index contributed by atoms with van der Waals surface area (Å²) < 4.78 is 0. The number of aromatic nitrogens is 1. The maximum absolute atomic E-state index is 9.38. The van der Waals surface area contributed by atoms with Crippen LogP contribution in [-0.2, 0) is 0 Å². The van der Waals surface area contributed by atoms with Gasteiger partial charge in [0.2, 0.25) is 0 Å². The first-order chi connectivity index (χ1) is 5.79. The summed E-state index contributed by atoms with van der Waals surface area (Å²) in [4.78, 5) is 4.01. The number of aromatic hydroxyl groups is 1. The van der Waals surface area contributed by atoms with Crippen molar-refractivity contribution in [2.75, 3.05) is 5.73 Å². The molecule has 0 saturated heterocycles. The van der Waals surface area contributed by atoms with Gasteiger partial charge in [-0.3, -0.25) is 4.98 Å². The maximum Gasteiger partial charge on any atom is 1.00 e. The lowest BCUT2D eigenvalue weighted by Crippen LogP contribution is -3.00. The van der Waals surface area contributed by atoms with E-state index in [1.54, 1.807) is 24.4 Å². The number of halogens is 1. The van der Waals surface area contributed by atoms with Gasteiger partial charge < -0.3 is 23.2 Å². The van der Waals surface area contributed by atoms with Crippen LogP contribution in [0, 0.1) is 0 Å². The molecule has 0 radical (unpaired) electrons. The van der Waals surface area contributed by atoms with Crippen molar-refractivity contribution < 1.29 is 18.9 Å². The Morgan fingerprint density at radius 1 is 1.31 bits per heavy atom. The summed E-state index contributed by atoms with van der Waals surface area (Å²) in [6.07, 6.45) is 1.63. The molecule has 0 bridgehead atoms. The smallest absolute Gasteiger partial charge is 1.00 e. The number of hydrogen-bond donors (Lipinski definition) is 2. The van der Waals surface area contributed by atoms with E-state index in [0.29, 0.717) is 11.2 Å². The summed E-state index contributed by atoms with van der Waals surface area (Å²) in [5.74, 6) is 0.166. The molecular formula is C9H9ClN2O. The van der Waals surface area contributed by atoms with Crippen molar-refractivity contribution in [2.24, 2.45) is 0 Å². The van der Waals surface area contributed by atoms with Gasteiger partial charge in [0.05, 0.1) is 0 Å². The van der Waals surface area contributed by atoms with Gasteiger partial charge in [-0.05, 0) is 24.3 Å². The number of phenolic OH excluding ortho intramolecular Hbond substituents is 1. The lowest BCUT2D eigenvalue weighted by molar-refractivity contribution is -0.00000342. The van der Waals surface area contributed by atoms with E-state index in [2.05, 4.69) is 4.98 Å². The first-order valence-electron chi connectivity index (χ1n) is 3.61. The monoisotopic (exact) mass is 196 g/mol. The molecule has 0 aliphatic heterocycles. The Morgan fingerprint density at radius 2 is 2.08 bits per heavy atom. The third-order valence-electron chi connectivity index (χ3n) is 1.78. The van der Waals surface area contributed by atoms with Crippen LogP contribution in [0.5, 0.6) is 5.75 Å². The van der Waals surface area contributed by atoms with Crippen LogP contribution in [0.2, 0.25) is 0 Å². The van der Waals surface area contributed by atoms with Gasteiger partial charge in [0.1, 0.15) is 11.3 Å². The molecule has 3 N–H and O–H groups in total. The highest BCUT2D eigenvalue weighted by Crippen LogP contribution is 2.26. The highest BCUT2D eigenvalue weighted by Gasteiger charge is 2.01. The largest absolute Gasteiger partial charge is 1.00 e. The highest BCUT2D eigenvalue weighted by atomic mass is 35.5. The first kappa shape index (κ1) is 9.61. The average molecular weight is 197 g/mol. The Morgan fingerprint density at radius 3 is 2.77 bits per heavy atom. The van der Waals surface area contributed by atoms with Crippen LogP contribution in [0.3, 0.4) is 0 Å². The molecule has 0 fully saturated rings. The van der Waals surface area contributed by atoms with Crippen molar-refractivity contribution in [3.63, 3.8) is 0 Å². The zero-order valence-electron chi connectivity index (χ0n) is 7.74. The van der Waals surface area contributed by atoms with Crippen molar-refractivity contribution in [3.8, 4) is 5.75 Å². The lowest BCUT2D eigenvalue weighted by atomic mass is 10.2. The fourth-order valence-electron chi connectivity index (χ4n) is 1.18. The molecule has 3 nitrogen and oxygen atoms in total. The molecular weight excluding hydrogens is 188 g/mol. The summed E-state index contributed by atoms with van der Waals surface area (Å²) in [5, 5.41) is 10.2. The Hall–Kier alpha value is -1.48. The molecule has 0 saturated carbocycles. The zero-order chi connectivity index (χ0) is 8.55. The first-order valence-corrected chi connectivity index (χ1v) is 3.61. The van der Waals surface area contributed by atoms with Crippen molar-refractivity contribution in [1.29, 1.82) is 0 Å². The lowest BCUT2D eigenvalue weighted by Gasteiger charge is -2.01. The normalized spacial score (nSPS) is 9.54. The predicted octanol–water partition coefficient (Wildman–Crippen LogP) is -1.36. The minimum Gasteiger partial charge on any atom is -1.00 e. The number of nitrogens with two attached hydrogens (primary N) is 1. The van der Waals surface area contributed by atoms with Crippen LogP contribution < -0.4 is 18.1 Å².